The van der Waals surface area contributed by atoms with Gasteiger partial charge in [0.25, 0.3) is 0 Å². The van der Waals surface area contributed by atoms with E-state index in [1.54, 1.807) is 13.2 Å². The predicted molar refractivity (Wildman–Crippen MR) is 81.1 cm³/mol. The Morgan fingerprint density at radius 3 is 2.79 bits per heavy atom. The number of thioether (sulfide) groups is 1. The molecule has 2 atom stereocenters. The first-order valence-electron chi connectivity index (χ1n) is 5.29. The SMILES string of the molecule is CSC(CO)C(C)NS(=O)(=O)c1cc(Br)cnc1Cl. The maximum absolute atomic E-state index is 12.2. The predicted octanol–water partition coefficient (Wildman–Crippen LogP) is 1.89. The van der Waals surface area contributed by atoms with E-state index >= 15 is 0 Å². The summed E-state index contributed by atoms with van der Waals surface area (Å²) in [6.07, 6.45) is 3.22. The number of aromatic nitrogens is 1. The Morgan fingerprint density at radius 1 is 1.63 bits per heavy atom. The first kappa shape index (κ1) is 17.2. The molecule has 0 aliphatic carbocycles. The molecule has 0 radical (unpaired) electrons. The molecule has 1 rings (SSSR count). The van der Waals surface area contributed by atoms with Gasteiger partial charge in [-0.1, -0.05) is 11.6 Å². The number of rotatable bonds is 6. The third kappa shape index (κ3) is 4.57. The molecule has 0 aliphatic rings. The van der Waals surface area contributed by atoms with Crippen LogP contribution in [-0.4, -0.2) is 42.7 Å². The van der Waals surface area contributed by atoms with E-state index in [4.69, 9.17) is 16.7 Å². The molecule has 9 heteroatoms. The molecular formula is C10H14BrClN2O3S2. The van der Waals surface area contributed by atoms with Gasteiger partial charge in [0, 0.05) is 22.0 Å². The van der Waals surface area contributed by atoms with E-state index in [1.807, 2.05) is 0 Å². The number of hydrogen-bond acceptors (Lipinski definition) is 5. The summed E-state index contributed by atoms with van der Waals surface area (Å²) >= 11 is 10.3. The van der Waals surface area contributed by atoms with Crippen molar-refractivity contribution < 1.29 is 13.5 Å². The minimum absolute atomic E-state index is 0.0896. The Morgan fingerprint density at radius 2 is 2.26 bits per heavy atom. The van der Waals surface area contributed by atoms with Crippen LogP contribution < -0.4 is 4.72 Å². The lowest BCUT2D eigenvalue weighted by atomic mass is 10.3. The molecule has 0 amide bonds. The van der Waals surface area contributed by atoms with Gasteiger partial charge < -0.3 is 5.11 Å². The molecule has 0 saturated heterocycles. The van der Waals surface area contributed by atoms with Gasteiger partial charge in [0.05, 0.1) is 6.61 Å². The lowest BCUT2D eigenvalue weighted by Gasteiger charge is -2.21. The fourth-order valence-electron chi connectivity index (χ4n) is 1.41. The van der Waals surface area contributed by atoms with Gasteiger partial charge in [0.15, 0.2) is 0 Å². The van der Waals surface area contributed by atoms with E-state index in [0.717, 1.165) is 0 Å². The van der Waals surface area contributed by atoms with Crippen LogP contribution in [0.5, 0.6) is 0 Å². The first-order chi connectivity index (χ1) is 8.81. The number of sulfonamides is 1. The molecule has 108 valence electrons. The van der Waals surface area contributed by atoms with Crippen LogP contribution in [0, 0.1) is 0 Å². The van der Waals surface area contributed by atoms with Crippen molar-refractivity contribution in [1.29, 1.82) is 0 Å². The van der Waals surface area contributed by atoms with Gasteiger partial charge in [-0.25, -0.2) is 18.1 Å². The average Bonchev–Trinajstić information content (AvgIpc) is 2.33. The zero-order valence-corrected chi connectivity index (χ0v) is 14.3. The van der Waals surface area contributed by atoms with Crippen molar-refractivity contribution in [3.63, 3.8) is 0 Å². The van der Waals surface area contributed by atoms with Crippen molar-refractivity contribution in [1.82, 2.24) is 9.71 Å². The molecule has 0 aromatic carbocycles. The molecule has 2 unspecified atom stereocenters. The van der Waals surface area contributed by atoms with Crippen LogP contribution in [0.1, 0.15) is 6.92 Å². The van der Waals surface area contributed by atoms with E-state index in [-0.39, 0.29) is 21.9 Å². The standard InChI is InChI=1S/C10H14BrClN2O3S2/c1-6(8(5-15)18-2)14-19(16,17)9-3-7(11)4-13-10(9)12/h3-4,6,8,14-15H,5H2,1-2H3. The van der Waals surface area contributed by atoms with Gasteiger partial charge in [-0.3, -0.25) is 0 Å². The second-order valence-electron chi connectivity index (χ2n) is 3.81. The van der Waals surface area contributed by atoms with Crippen molar-refractivity contribution in [2.75, 3.05) is 12.9 Å². The van der Waals surface area contributed by atoms with Crippen LogP contribution >= 0.6 is 39.3 Å². The van der Waals surface area contributed by atoms with E-state index in [1.165, 1.54) is 24.0 Å². The van der Waals surface area contributed by atoms with E-state index in [0.29, 0.717) is 4.47 Å². The lowest BCUT2D eigenvalue weighted by molar-refractivity contribution is 0.282. The van der Waals surface area contributed by atoms with Crippen LogP contribution in [0.15, 0.2) is 21.6 Å². The number of halogens is 2. The number of hydrogen-bond donors (Lipinski definition) is 2. The summed E-state index contributed by atoms with van der Waals surface area (Å²) in [6.45, 7) is 1.57. The van der Waals surface area contributed by atoms with Gasteiger partial charge in [0.2, 0.25) is 10.0 Å². The highest BCUT2D eigenvalue weighted by molar-refractivity contribution is 9.10. The quantitative estimate of drug-likeness (QED) is 0.726. The zero-order chi connectivity index (χ0) is 14.6. The topological polar surface area (TPSA) is 79.3 Å². The van der Waals surface area contributed by atoms with Crippen molar-refractivity contribution in [3.8, 4) is 0 Å². The molecule has 1 aromatic heterocycles. The summed E-state index contributed by atoms with van der Waals surface area (Å²) in [4.78, 5) is 3.69. The number of aliphatic hydroxyl groups is 1. The average molecular weight is 390 g/mol. The van der Waals surface area contributed by atoms with Crippen LogP contribution in [0.25, 0.3) is 0 Å². The van der Waals surface area contributed by atoms with Gasteiger partial charge in [0.1, 0.15) is 10.0 Å². The largest absolute Gasteiger partial charge is 0.395 e. The fraction of sp³-hybridized carbons (Fsp3) is 0.500. The van der Waals surface area contributed by atoms with Gasteiger partial charge in [-0.15, -0.1) is 0 Å². The molecule has 0 aliphatic heterocycles. The van der Waals surface area contributed by atoms with Crippen LogP contribution in [0.3, 0.4) is 0 Å². The molecule has 5 nitrogen and oxygen atoms in total. The summed E-state index contributed by atoms with van der Waals surface area (Å²) < 4.78 is 27.4. The number of nitrogens with zero attached hydrogens (tertiary/aromatic N) is 1. The summed E-state index contributed by atoms with van der Waals surface area (Å²) in [7, 11) is -3.78. The van der Waals surface area contributed by atoms with Crippen LogP contribution in [0.2, 0.25) is 5.15 Å². The number of pyridine rings is 1. The molecule has 0 bridgehead atoms. The molecule has 0 fully saturated rings. The second-order valence-corrected chi connectivity index (χ2v) is 7.84. The Kier molecular flexibility index (Phi) is 6.55. The zero-order valence-electron chi connectivity index (χ0n) is 10.3. The Hall–Kier alpha value is 0.140. The van der Waals surface area contributed by atoms with Crippen molar-refractivity contribution in [2.45, 2.75) is 23.1 Å². The monoisotopic (exact) mass is 388 g/mol. The highest BCUT2D eigenvalue weighted by atomic mass is 79.9. The minimum Gasteiger partial charge on any atom is -0.395 e. The smallest absolute Gasteiger partial charge is 0.243 e. The molecule has 0 saturated carbocycles. The fourth-order valence-corrected chi connectivity index (χ4v) is 4.35. The molecule has 2 N–H and O–H groups in total. The summed E-state index contributed by atoms with van der Waals surface area (Å²) in [6, 6.07) is 0.956. The molecule has 0 spiro atoms. The van der Waals surface area contributed by atoms with Crippen LogP contribution in [0.4, 0.5) is 0 Å². The van der Waals surface area contributed by atoms with Crippen molar-refractivity contribution in [2.24, 2.45) is 0 Å². The number of aliphatic hydroxyl groups excluding tert-OH is 1. The van der Waals surface area contributed by atoms with E-state index < -0.39 is 16.1 Å². The van der Waals surface area contributed by atoms with Gasteiger partial charge in [-0.2, -0.15) is 11.8 Å². The maximum Gasteiger partial charge on any atom is 0.243 e. The Balaban J connectivity index is 3.01. The summed E-state index contributed by atoms with van der Waals surface area (Å²) in [5, 5.41) is 8.84. The van der Waals surface area contributed by atoms with E-state index in [2.05, 4.69) is 25.6 Å². The normalized spacial score (nSPS) is 15.2. The van der Waals surface area contributed by atoms with Gasteiger partial charge in [-0.05, 0) is 35.2 Å². The maximum atomic E-state index is 12.2. The number of nitrogens with one attached hydrogen (secondary N) is 1. The lowest BCUT2D eigenvalue weighted by Crippen LogP contribution is -2.41. The Bertz CT molecular complexity index is 538. The van der Waals surface area contributed by atoms with Crippen molar-refractivity contribution in [3.05, 3.63) is 21.9 Å². The summed E-state index contributed by atoms with van der Waals surface area (Å²) in [5.74, 6) is 0. The summed E-state index contributed by atoms with van der Waals surface area (Å²) in [5.41, 5.74) is 0. The van der Waals surface area contributed by atoms with E-state index in [9.17, 15) is 8.42 Å². The molecule has 1 aromatic rings. The second kappa shape index (κ2) is 7.24. The van der Waals surface area contributed by atoms with Crippen molar-refractivity contribution >= 4 is 49.3 Å². The molecule has 19 heavy (non-hydrogen) atoms. The van der Waals surface area contributed by atoms with Crippen LogP contribution in [-0.2, 0) is 10.0 Å². The van der Waals surface area contributed by atoms with Gasteiger partial charge >= 0.3 is 0 Å². The highest BCUT2D eigenvalue weighted by Crippen LogP contribution is 2.23. The molecule has 1 heterocycles. The minimum atomic E-state index is -3.78. The third-order valence-corrected chi connectivity index (χ3v) is 6.03. The third-order valence-electron chi connectivity index (χ3n) is 2.44. The molecular weight excluding hydrogens is 376 g/mol. The Labute approximate surface area is 130 Å². The highest BCUT2D eigenvalue weighted by Gasteiger charge is 2.25. The first-order valence-corrected chi connectivity index (χ1v) is 9.23.